The molecule has 0 saturated heterocycles. The first kappa shape index (κ1) is 12.6. The van der Waals surface area contributed by atoms with Crippen molar-refractivity contribution in [1.29, 1.82) is 0 Å². The molecule has 0 spiro atoms. The van der Waals surface area contributed by atoms with Gasteiger partial charge in [0.2, 0.25) is 0 Å². The Morgan fingerprint density at radius 2 is 2.00 bits per heavy atom. The Kier molecular flexibility index (Phi) is 6.87. The van der Waals surface area contributed by atoms with Gasteiger partial charge in [-0.1, -0.05) is 13.8 Å². The highest BCUT2D eigenvalue weighted by molar-refractivity contribution is 5.82. The van der Waals surface area contributed by atoms with Crippen LogP contribution in [0, 0.1) is 5.92 Å². The van der Waals surface area contributed by atoms with Crippen molar-refractivity contribution in [3.63, 3.8) is 0 Å². The molecule has 0 N–H and O–H groups in total. The van der Waals surface area contributed by atoms with Crippen molar-refractivity contribution >= 4 is 5.71 Å². The van der Waals surface area contributed by atoms with E-state index in [1.54, 1.807) is 0 Å². The van der Waals surface area contributed by atoms with E-state index in [4.69, 9.17) is 0 Å². The van der Waals surface area contributed by atoms with E-state index in [9.17, 15) is 0 Å². The molecular formula is C11H24N2. The lowest BCUT2D eigenvalue weighted by molar-refractivity contribution is 0.344. The number of aliphatic imine (C=N–C) groups is 1. The molecule has 0 aliphatic heterocycles. The van der Waals surface area contributed by atoms with Crippen molar-refractivity contribution in [2.75, 3.05) is 27.2 Å². The van der Waals surface area contributed by atoms with Gasteiger partial charge < -0.3 is 4.90 Å². The summed E-state index contributed by atoms with van der Waals surface area (Å²) >= 11 is 0. The Morgan fingerprint density at radius 1 is 1.38 bits per heavy atom. The maximum atomic E-state index is 4.49. The molecule has 0 aliphatic carbocycles. The fraction of sp³-hybridized carbons (Fsp3) is 0.909. The van der Waals surface area contributed by atoms with E-state index < -0.39 is 0 Å². The fourth-order valence-electron chi connectivity index (χ4n) is 1.56. The average Bonchev–Trinajstić information content (AvgIpc) is 1.98. The van der Waals surface area contributed by atoms with Crippen LogP contribution in [0.3, 0.4) is 0 Å². The van der Waals surface area contributed by atoms with Crippen LogP contribution in [0.5, 0.6) is 0 Å². The Bertz CT molecular complexity index is 150. The maximum absolute atomic E-state index is 4.49. The quantitative estimate of drug-likeness (QED) is 0.579. The minimum atomic E-state index is 0.718. The summed E-state index contributed by atoms with van der Waals surface area (Å²) in [5.74, 6) is 0.718. The molecule has 0 aliphatic rings. The maximum Gasteiger partial charge on any atom is 0.0385 e. The van der Waals surface area contributed by atoms with Gasteiger partial charge in [-0.15, -0.1) is 0 Å². The van der Waals surface area contributed by atoms with Crippen LogP contribution in [0.2, 0.25) is 0 Å². The molecule has 0 rings (SSSR count). The minimum absolute atomic E-state index is 0.718. The number of nitrogens with zero attached hydrogens (tertiary/aromatic N) is 2. The summed E-state index contributed by atoms with van der Waals surface area (Å²) in [6.45, 7) is 8.73. The highest BCUT2D eigenvalue weighted by Gasteiger charge is 2.04. The van der Waals surface area contributed by atoms with Gasteiger partial charge in [0.25, 0.3) is 0 Å². The van der Waals surface area contributed by atoms with Crippen LogP contribution < -0.4 is 0 Å². The molecule has 0 radical (unpaired) electrons. The number of rotatable bonds is 6. The van der Waals surface area contributed by atoms with Gasteiger partial charge >= 0.3 is 0 Å². The Hall–Kier alpha value is -0.370. The smallest absolute Gasteiger partial charge is 0.0385 e. The highest BCUT2D eigenvalue weighted by atomic mass is 15.1. The van der Waals surface area contributed by atoms with E-state index in [0.29, 0.717) is 0 Å². The first-order valence-electron chi connectivity index (χ1n) is 5.20. The van der Waals surface area contributed by atoms with Crippen molar-refractivity contribution in [1.82, 2.24) is 4.90 Å². The standard InChI is InChI=1S/C11H24N2/c1-6-7-12-11(3)8-10(2)9-13(4)5/h10H,6-9H2,1-5H3/b12-11-/t10-/m1/s1. The fourth-order valence-corrected chi connectivity index (χ4v) is 1.56. The highest BCUT2D eigenvalue weighted by Crippen LogP contribution is 2.04. The summed E-state index contributed by atoms with van der Waals surface area (Å²) in [4.78, 5) is 6.72. The first-order valence-corrected chi connectivity index (χ1v) is 5.20. The van der Waals surface area contributed by atoms with Crippen LogP contribution in [0.25, 0.3) is 0 Å². The second-order valence-corrected chi connectivity index (χ2v) is 4.19. The van der Waals surface area contributed by atoms with E-state index in [-0.39, 0.29) is 0 Å². The Labute approximate surface area is 83.0 Å². The van der Waals surface area contributed by atoms with Gasteiger partial charge in [-0.3, -0.25) is 4.99 Å². The number of hydrogen-bond acceptors (Lipinski definition) is 2. The molecule has 78 valence electrons. The van der Waals surface area contributed by atoms with Gasteiger partial charge in [-0.05, 0) is 39.8 Å². The van der Waals surface area contributed by atoms with Gasteiger partial charge in [0.1, 0.15) is 0 Å². The lowest BCUT2D eigenvalue weighted by Crippen LogP contribution is -2.21. The summed E-state index contributed by atoms with van der Waals surface area (Å²) in [5.41, 5.74) is 1.30. The van der Waals surface area contributed by atoms with Gasteiger partial charge in [-0.25, -0.2) is 0 Å². The van der Waals surface area contributed by atoms with Crippen molar-refractivity contribution < 1.29 is 0 Å². The largest absolute Gasteiger partial charge is 0.309 e. The molecule has 0 aromatic rings. The van der Waals surface area contributed by atoms with Crippen LogP contribution in [0.15, 0.2) is 4.99 Å². The molecule has 0 aromatic carbocycles. The zero-order valence-corrected chi connectivity index (χ0v) is 9.80. The summed E-state index contributed by atoms with van der Waals surface area (Å²) in [5, 5.41) is 0. The van der Waals surface area contributed by atoms with Gasteiger partial charge in [0, 0.05) is 18.8 Å². The molecule has 0 unspecified atom stereocenters. The minimum Gasteiger partial charge on any atom is -0.309 e. The Morgan fingerprint density at radius 3 is 2.46 bits per heavy atom. The third kappa shape index (κ3) is 7.97. The van der Waals surface area contributed by atoms with Crippen molar-refractivity contribution in [3.05, 3.63) is 0 Å². The van der Waals surface area contributed by atoms with Gasteiger partial charge in [-0.2, -0.15) is 0 Å². The predicted octanol–water partition coefficient (Wildman–Crippen LogP) is 2.45. The summed E-state index contributed by atoms with van der Waals surface area (Å²) in [6.07, 6.45) is 2.29. The van der Waals surface area contributed by atoms with Gasteiger partial charge in [0.15, 0.2) is 0 Å². The average molecular weight is 184 g/mol. The summed E-state index contributed by atoms with van der Waals surface area (Å²) in [7, 11) is 4.24. The van der Waals surface area contributed by atoms with Crippen molar-refractivity contribution in [2.45, 2.75) is 33.6 Å². The zero-order valence-electron chi connectivity index (χ0n) is 9.80. The van der Waals surface area contributed by atoms with Crippen LogP contribution >= 0.6 is 0 Å². The van der Waals surface area contributed by atoms with E-state index in [1.807, 2.05) is 0 Å². The molecule has 0 aromatic heterocycles. The van der Waals surface area contributed by atoms with Crippen LogP contribution in [0.1, 0.15) is 33.6 Å². The molecule has 0 heterocycles. The summed E-state index contributed by atoms with van der Waals surface area (Å²) < 4.78 is 0. The van der Waals surface area contributed by atoms with E-state index >= 15 is 0 Å². The molecule has 0 bridgehead atoms. The molecule has 0 fully saturated rings. The molecule has 0 saturated carbocycles. The predicted molar refractivity (Wildman–Crippen MR) is 60.6 cm³/mol. The molecule has 1 atom stereocenters. The molecule has 2 nitrogen and oxygen atoms in total. The molecule has 0 amide bonds. The molecular weight excluding hydrogens is 160 g/mol. The van der Waals surface area contributed by atoms with Crippen molar-refractivity contribution in [2.24, 2.45) is 10.9 Å². The molecule has 2 heteroatoms. The van der Waals surface area contributed by atoms with E-state index in [0.717, 1.165) is 31.8 Å². The Balaban J connectivity index is 3.70. The lowest BCUT2D eigenvalue weighted by atomic mass is 10.0. The second kappa shape index (κ2) is 7.07. The number of hydrogen-bond donors (Lipinski definition) is 0. The van der Waals surface area contributed by atoms with Gasteiger partial charge in [0.05, 0.1) is 0 Å². The first-order chi connectivity index (χ1) is 6.06. The SMILES string of the molecule is CCC/N=C(/C)C[C@@H](C)CN(C)C. The topological polar surface area (TPSA) is 15.6 Å². The summed E-state index contributed by atoms with van der Waals surface area (Å²) in [6, 6.07) is 0. The van der Waals surface area contributed by atoms with Crippen LogP contribution in [0.4, 0.5) is 0 Å². The van der Waals surface area contributed by atoms with E-state index in [2.05, 4.69) is 44.8 Å². The van der Waals surface area contributed by atoms with E-state index in [1.165, 1.54) is 5.71 Å². The third-order valence-electron chi connectivity index (χ3n) is 1.93. The monoisotopic (exact) mass is 184 g/mol. The lowest BCUT2D eigenvalue weighted by Gasteiger charge is -2.16. The zero-order chi connectivity index (χ0) is 10.3. The third-order valence-corrected chi connectivity index (χ3v) is 1.93. The molecule has 13 heavy (non-hydrogen) atoms. The van der Waals surface area contributed by atoms with Crippen LogP contribution in [-0.2, 0) is 0 Å². The van der Waals surface area contributed by atoms with Crippen LogP contribution in [-0.4, -0.2) is 37.8 Å². The second-order valence-electron chi connectivity index (χ2n) is 4.19. The normalized spacial score (nSPS) is 15.1. The van der Waals surface area contributed by atoms with Crippen molar-refractivity contribution in [3.8, 4) is 0 Å².